The average molecular weight is 1100 g/mol. The first kappa shape index (κ1) is 49.7. The van der Waals surface area contributed by atoms with Gasteiger partial charge in [0.05, 0.1) is 30.5 Å². The van der Waals surface area contributed by atoms with E-state index in [0.717, 1.165) is 74.0 Å². The Hall–Kier alpha value is -4.68. The third-order valence-corrected chi connectivity index (χ3v) is 16.8. The Morgan fingerprint density at radius 2 is 1.35 bits per heavy atom. The summed E-state index contributed by atoms with van der Waals surface area (Å²) in [5.41, 5.74) is 15.8. The minimum atomic E-state index is -1.37. The van der Waals surface area contributed by atoms with Crippen molar-refractivity contribution < 1.29 is 24.5 Å². The van der Waals surface area contributed by atoms with Crippen molar-refractivity contribution in [1.29, 1.82) is 0 Å². The molecule has 4 aromatic carbocycles. The van der Waals surface area contributed by atoms with Crippen LogP contribution in [0, 0.1) is 30.9 Å². The zero-order chi connectivity index (χ0) is 47.0. The predicted octanol–water partition coefficient (Wildman–Crippen LogP) is 16.4. The summed E-state index contributed by atoms with van der Waals surface area (Å²) in [7, 11) is -1.37. The summed E-state index contributed by atoms with van der Waals surface area (Å²) >= 11 is 0. The number of para-hydroxylation sites is 2. The fourth-order valence-corrected chi connectivity index (χ4v) is 12.6. The first-order chi connectivity index (χ1) is 32.2. The summed E-state index contributed by atoms with van der Waals surface area (Å²) in [6, 6.07) is 37.6. The molecule has 2 aliphatic carbocycles. The molecule has 5 nitrogen and oxygen atoms in total. The van der Waals surface area contributed by atoms with Crippen LogP contribution in [-0.4, -0.2) is 27.6 Å². The van der Waals surface area contributed by atoms with Gasteiger partial charge in [0.1, 0.15) is 0 Å². The van der Waals surface area contributed by atoms with Gasteiger partial charge in [0.25, 0.3) is 0 Å². The first-order valence-electron chi connectivity index (χ1n) is 25.6. The monoisotopic (exact) mass is 1100 g/mol. The van der Waals surface area contributed by atoms with E-state index in [4.69, 9.17) is 19.4 Å². The van der Waals surface area contributed by atoms with Gasteiger partial charge in [-0.25, -0.2) is 4.98 Å². The van der Waals surface area contributed by atoms with Crippen LogP contribution in [0.2, 0.25) is 19.6 Å². The standard InChI is InChI=1S/C39H42N3O.C22H30NSi.Ir/c1-23(2)28-14-11-19-34-35(28)41-38(42(34)36-29(24(3)4)15-9-16-30(36)25(5)6)33-18-10-17-31-32-21-20-27(22-26-12-7-8-13-26)40-39(32)43-37(31)33;1-17-10-12-19(13-11-17)21-15-20(14-18-8-6-5-7-9-18)22(16-23-21)24(2,3)4;/h9-11,14-17,19-21,23-26H,7-8,12-13,22H2,1-6H3;10-12,15-16,18H,5-9,14H2,1-4H3;/q2*-1;. The number of nitrogens with zero attached hydrogens (tertiary/aromatic N) is 4. The molecule has 10 rings (SSSR count). The second-order valence-electron chi connectivity index (χ2n) is 21.9. The van der Waals surface area contributed by atoms with Crippen LogP contribution >= 0.6 is 0 Å². The van der Waals surface area contributed by atoms with Gasteiger partial charge in [-0.2, -0.15) is 0 Å². The van der Waals surface area contributed by atoms with Gasteiger partial charge >= 0.3 is 0 Å². The van der Waals surface area contributed by atoms with Crippen LogP contribution in [0.3, 0.4) is 0 Å². The summed E-state index contributed by atoms with van der Waals surface area (Å²) in [4.78, 5) is 15.3. The van der Waals surface area contributed by atoms with E-state index in [9.17, 15) is 0 Å². The van der Waals surface area contributed by atoms with Crippen LogP contribution in [0.5, 0.6) is 0 Å². The SMILES string of the molecule is CC(C)c1cccc(C(C)C)c1-n1c(-c2[c-]ccc3c2oc2nc(CC4CCCC4)ccc23)nc2c(C(C)C)cccc21.Cc1c[c-]c(-c2cc(CC3CCCCC3)c([Si](C)(C)C)cn2)cc1.[Ir]. The number of aryl methyl sites for hydroxylation is 1. The molecule has 2 saturated carbocycles. The van der Waals surface area contributed by atoms with Crippen molar-refractivity contribution in [3.8, 4) is 28.3 Å². The van der Waals surface area contributed by atoms with E-state index in [2.05, 4.69) is 170 Å². The molecule has 4 heterocycles. The molecule has 2 fully saturated rings. The van der Waals surface area contributed by atoms with E-state index in [-0.39, 0.29) is 20.1 Å². The molecule has 68 heavy (non-hydrogen) atoms. The summed E-state index contributed by atoms with van der Waals surface area (Å²) in [6.45, 7) is 23.0. The molecule has 0 N–H and O–H groups in total. The zero-order valence-electron chi connectivity index (χ0n) is 42.4. The van der Waals surface area contributed by atoms with E-state index < -0.39 is 8.07 Å². The number of imidazole rings is 1. The van der Waals surface area contributed by atoms with Crippen LogP contribution in [0.1, 0.15) is 151 Å². The maximum absolute atomic E-state index is 6.67. The molecule has 7 heteroatoms. The van der Waals surface area contributed by atoms with Crippen LogP contribution in [0.4, 0.5) is 0 Å². The molecular formula is C61H72IrN4OSi-2. The van der Waals surface area contributed by atoms with Gasteiger partial charge < -0.3 is 14.0 Å². The number of hydrogen-bond acceptors (Lipinski definition) is 4. The second-order valence-corrected chi connectivity index (χ2v) is 26.9. The van der Waals surface area contributed by atoms with Gasteiger partial charge in [-0.3, -0.25) is 4.98 Å². The largest absolute Gasteiger partial charge is 0.486 e. The van der Waals surface area contributed by atoms with E-state index in [1.54, 1.807) is 10.8 Å². The molecule has 0 atom stereocenters. The average Bonchev–Trinajstić information content (AvgIpc) is 4.06. The fraction of sp³-hybridized carbons (Fsp3) is 0.426. The van der Waals surface area contributed by atoms with Crippen LogP contribution in [-0.2, 0) is 32.9 Å². The molecule has 0 spiro atoms. The van der Waals surface area contributed by atoms with Gasteiger partial charge in [0.15, 0.2) is 0 Å². The van der Waals surface area contributed by atoms with Gasteiger partial charge in [0.2, 0.25) is 5.71 Å². The maximum atomic E-state index is 6.67. The number of rotatable bonds is 11. The fourth-order valence-electron chi connectivity index (χ4n) is 11.1. The molecule has 2 aliphatic rings. The molecule has 0 amide bonds. The van der Waals surface area contributed by atoms with E-state index in [0.29, 0.717) is 23.5 Å². The molecule has 0 unspecified atom stereocenters. The Bertz CT molecular complexity index is 2970. The smallest absolute Gasteiger partial charge is 0.216 e. The third kappa shape index (κ3) is 10.4. The van der Waals surface area contributed by atoms with Crippen molar-refractivity contribution in [1.82, 2.24) is 19.5 Å². The van der Waals surface area contributed by atoms with Gasteiger partial charge in [-0.15, -0.1) is 53.6 Å². The quantitative estimate of drug-likeness (QED) is 0.0957. The van der Waals surface area contributed by atoms with E-state index in [1.807, 2.05) is 6.07 Å². The number of pyridine rings is 2. The summed E-state index contributed by atoms with van der Waals surface area (Å²) in [6.07, 6.45) is 16.8. The van der Waals surface area contributed by atoms with Crippen molar-refractivity contribution in [2.75, 3.05) is 0 Å². The molecular weight excluding hydrogens is 1030 g/mol. The topological polar surface area (TPSA) is 56.7 Å². The number of hydrogen-bond donors (Lipinski definition) is 0. The van der Waals surface area contributed by atoms with Crippen LogP contribution < -0.4 is 5.19 Å². The zero-order valence-corrected chi connectivity index (χ0v) is 45.8. The number of aromatic nitrogens is 4. The van der Waals surface area contributed by atoms with Crippen molar-refractivity contribution >= 4 is 46.4 Å². The minimum absolute atomic E-state index is 0. The number of fused-ring (bicyclic) bond motifs is 4. The molecule has 4 aromatic heterocycles. The Labute approximate surface area is 421 Å². The maximum Gasteiger partial charge on any atom is 0.216 e. The van der Waals surface area contributed by atoms with E-state index >= 15 is 0 Å². The van der Waals surface area contributed by atoms with Crippen molar-refractivity contribution in [2.24, 2.45) is 11.8 Å². The summed E-state index contributed by atoms with van der Waals surface area (Å²) < 4.78 is 9.06. The molecule has 0 aliphatic heterocycles. The van der Waals surface area contributed by atoms with Crippen LogP contribution in [0.25, 0.3) is 61.4 Å². The molecule has 0 saturated heterocycles. The van der Waals surface area contributed by atoms with Gasteiger partial charge in [0, 0.05) is 43.1 Å². The van der Waals surface area contributed by atoms with Crippen molar-refractivity contribution in [3.63, 3.8) is 0 Å². The molecule has 1 radical (unpaired) electrons. The third-order valence-electron chi connectivity index (χ3n) is 14.7. The molecule has 8 aromatic rings. The number of benzene rings is 4. The Kier molecular flexibility index (Phi) is 15.4. The van der Waals surface area contributed by atoms with Gasteiger partial charge in [-0.05, 0) is 88.2 Å². The Balaban J connectivity index is 0.000000213. The summed E-state index contributed by atoms with van der Waals surface area (Å²) in [5.74, 6) is 3.52. The van der Waals surface area contributed by atoms with Crippen LogP contribution in [0.15, 0.2) is 95.5 Å². The van der Waals surface area contributed by atoms with E-state index in [1.165, 1.54) is 92.1 Å². The Morgan fingerprint density at radius 3 is 2.00 bits per heavy atom. The first-order valence-corrected chi connectivity index (χ1v) is 29.1. The van der Waals surface area contributed by atoms with Crippen molar-refractivity contribution in [2.45, 2.75) is 156 Å². The normalized spacial score (nSPS) is 15.0. The molecule has 357 valence electrons. The van der Waals surface area contributed by atoms with Crippen molar-refractivity contribution in [3.05, 3.63) is 137 Å². The second kappa shape index (κ2) is 21.1. The Morgan fingerprint density at radius 1 is 0.706 bits per heavy atom. The number of furan rings is 1. The van der Waals surface area contributed by atoms with Gasteiger partial charge in [-0.1, -0.05) is 179 Å². The molecule has 0 bridgehead atoms. The summed E-state index contributed by atoms with van der Waals surface area (Å²) in [5, 5.41) is 3.66. The minimum Gasteiger partial charge on any atom is -0.486 e. The predicted molar refractivity (Wildman–Crippen MR) is 285 cm³/mol.